The maximum absolute atomic E-state index is 11.0. The predicted molar refractivity (Wildman–Crippen MR) is 66.0 cm³/mol. The molecule has 0 fully saturated rings. The number of carbonyl (C=O) groups is 1. The van der Waals surface area contributed by atoms with E-state index in [2.05, 4.69) is 18.9 Å². The molecule has 1 aromatic rings. The molecule has 0 aliphatic rings. The molecule has 0 spiro atoms. The van der Waals surface area contributed by atoms with Crippen LogP contribution in [0.25, 0.3) is 0 Å². The van der Waals surface area contributed by atoms with E-state index in [-0.39, 0.29) is 11.7 Å². The topological polar surface area (TPSA) is 55.1 Å². The second kappa shape index (κ2) is 5.39. The van der Waals surface area contributed by atoms with Crippen molar-refractivity contribution in [3.05, 3.63) is 17.5 Å². The Bertz CT molecular complexity index is 372. The molecule has 0 saturated heterocycles. The molecule has 0 radical (unpaired) electrons. The Balaban J connectivity index is 2.88. The third-order valence-electron chi connectivity index (χ3n) is 2.06. The van der Waals surface area contributed by atoms with E-state index in [0.29, 0.717) is 5.25 Å². The van der Waals surface area contributed by atoms with Crippen molar-refractivity contribution >= 4 is 17.7 Å². The number of rotatable bonds is 5. The van der Waals surface area contributed by atoms with Crippen molar-refractivity contribution in [2.75, 3.05) is 0 Å². The van der Waals surface area contributed by atoms with Gasteiger partial charge in [-0.3, -0.25) is 4.68 Å². The van der Waals surface area contributed by atoms with Gasteiger partial charge < -0.3 is 5.11 Å². The smallest absolute Gasteiger partial charge is 0.354 e. The van der Waals surface area contributed by atoms with E-state index in [1.807, 2.05) is 13.8 Å². The SMILES string of the molecule is CC(C)SCc1cc(C(=O)O)n(C(C)C)n1. The molecule has 4 nitrogen and oxygen atoms in total. The molecule has 0 amide bonds. The third-order valence-corrected chi connectivity index (χ3v) is 3.19. The summed E-state index contributed by atoms with van der Waals surface area (Å²) < 4.78 is 1.57. The molecule has 0 bridgehead atoms. The first-order valence-electron chi connectivity index (χ1n) is 5.35. The minimum atomic E-state index is -0.915. The van der Waals surface area contributed by atoms with Gasteiger partial charge in [-0.25, -0.2) is 4.79 Å². The Morgan fingerprint density at radius 3 is 2.50 bits per heavy atom. The fourth-order valence-corrected chi connectivity index (χ4v) is 1.97. The third kappa shape index (κ3) is 3.27. The molecule has 0 saturated carbocycles. The molecule has 5 heteroatoms. The molecule has 0 aromatic carbocycles. The van der Waals surface area contributed by atoms with E-state index in [1.54, 1.807) is 22.5 Å². The Hall–Kier alpha value is -0.970. The fraction of sp³-hybridized carbons (Fsp3) is 0.636. The molecule has 0 aliphatic carbocycles. The van der Waals surface area contributed by atoms with E-state index in [0.717, 1.165) is 11.4 Å². The lowest BCUT2D eigenvalue weighted by molar-refractivity contribution is 0.0681. The van der Waals surface area contributed by atoms with Crippen molar-refractivity contribution in [3.63, 3.8) is 0 Å². The van der Waals surface area contributed by atoms with Crippen LogP contribution in [0.5, 0.6) is 0 Å². The summed E-state index contributed by atoms with van der Waals surface area (Å²) in [5.41, 5.74) is 1.11. The summed E-state index contributed by atoms with van der Waals surface area (Å²) >= 11 is 1.76. The van der Waals surface area contributed by atoms with Gasteiger partial charge in [0.2, 0.25) is 0 Å². The lowest BCUT2D eigenvalue weighted by atomic mass is 10.3. The summed E-state index contributed by atoms with van der Waals surface area (Å²) in [4.78, 5) is 11.0. The number of aromatic nitrogens is 2. The first-order valence-corrected chi connectivity index (χ1v) is 6.40. The van der Waals surface area contributed by atoms with Crippen molar-refractivity contribution in [3.8, 4) is 0 Å². The monoisotopic (exact) mass is 242 g/mol. The van der Waals surface area contributed by atoms with E-state index < -0.39 is 5.97 Å². The zero-order valence-corrected chi connectivity index (χ0v) is 10.9. The summed E-state index contributed by atoms with van der Waals surface area (Å²) in [6.45, 7) is 8.09. The van der Waals surface area contributed by atoms with E-state index in [9.17, 15) is 4.79 Å². The van der Waals surface area contributed by atoms with Crippen molar-refractivity contribution in [1.82, 2.24) is 9.78 Å². The van der Waals surface area contributed by atoms with Gasteiger partial charge in [-0.15, -0.1) is 0 Å². The van der Waals surface area contributed by atoms with E-state index in [1.165, 1.54) is 0 Å². The summed E-state index contributed by atoms with van der Waals surface area (Å²) in [5, 5.41) is 13.9. The molecule has 0 unspecified atom stereocenters. The van der Waals surface area contributed by atoms with Crippen LogP contribution >= 0.6 is 11.8 Å². The van der Waals surface area contributed by atoms with Gasteiger partial charge in [-0.2, -0.15) is 16.9 Å². The first kappa shape index (κ1) is 13.1. The quantitative estimate of drug-likeness (QED) is 0.862. The van der Waals surface area contributed by atoms with Crippen LogP contribution in [-0.2, 0) is 5.75 Å². The van der Waals surface area contributed by atoms with Crippen LogP contribution in [0.3, 0.4) is 0 Å². The largest absolute Gasteiger partial charge is 0.477 e. The molecular formula is C11H18N2O2S. The van der Waals surface area contributed by atoms with Gasteiger partial charge in [0.25, 0.3) is 0 Å². The minimum absolute atomic E-state index is 0.0731. The maximum Gasteiger partial charge on any atom is 0.354 e. The normalized spacial score (nSPS) is 11.4. The standard InChI is InChI=1S/C11H18N2O2S/c1-7(2)13-10(11(14)15)5-9(12-13)6-16-8(3)4/h5,7-8H,6H2,1-4H3,(H,14,15). The van der Waals surface area contributed by atoms with Crippen LogP contribution in [0.2, 0.25) is 0 Å². The van der Waals surface area contributed by atoms with Gasteiger partial charge in [0.15, 0.2) is 0 Å². The van der Waals surface area contributed by atoms with Gasteiger partial charge in [0, 0.05) is 11.8 Å². The number of thioether (sulfide) groups is 1. The van der Waals surface area contributed by atoms with Gasteiger partial charge >= 0.3 is 5.97 Å². The highest BCUT2D eigenvalue weighted by Gasteiger charge is 2.16. The molecule has 0 atom stereocenters. The number of nitrogens with zero attached hydrogens (tertiary/aromatic N) is 2. The molecule has 16 heavy (non-hydrogen) atoms. The Morgan fingerprint density at radius 1 is 1.50 bits per heavy atom. The van der Waals surface area contributed by atoms with Crippen molar-refractivity contribution in [1.29, 1.82) is 0 Å². The summed E-state index contributed by atoms with van der Waals surface area (Å²) in [6, 6.07) is 1.74. The fourth-order valence-electron chi connectivity index (χ4n) is 1.32. The zero-order valence-electron chi connectivity index (χ0n) is 10.1. The minimum Gasteiger partial charge on any atom is -0.477 e. The lowest BCUT2D eigenvalue weighted by Gasteiger charge is -2.07. The highest BCUT2D eigenvalue weighted by Crippen LogP contribution is 2.19. The van der Waals surface area contributed by atoms with E-state index >= 15 is 0 Å². The van der Waals surface area contributed by atoms with Crippen LogP contribution < -0.4 is 0 Å². The molecule has 1 N–H and O–H groups in total. The Kier molecular flexibility index (Phi) is 4.41. The lowest BCUT2D eigenvalue weighted by Crippen LogP contribution is -2.11. The highest BCUT2D eigenvalue weighted by molar-refractivity contribution is 7.99. The highest BCUT2D eigenvalue weighted by atomic mass is 32.2. The van der Waals surface area contributed by atoms with Crippen LogP contribution in [0.15, 0.2) is 6.07 Å². The average Bonchev–Trinajstić information content (AvgIpc) is 2.58. The molecule has 1 aromatic heterocycles. The average molecular weight is 242 g/mol. The summed E-state index contributed by atoms with van der Waals surface area (Å²) in [5.74, 6) is -0.153. The van der Waals surface area contributed by atoms with Crippen molar-refractivity contribution < 1.29 is 9.90 Å². The zero-order chi connectivity index (χ0) is 12.3. The number of hydrogen-bond donors (Lipinski definition) is 1. The van der Waals surface area contributed by atoms with Crippen LogP contribution in [-0.4, -0.2) is 26.1 Å². The van der Waals surface area contributed by atoms with Crippen molar-refractivity contribution in [2.24, 2.45) is 0 Å². The molecule has 1 heterocycles. The number of carboxylic acids is 1. The molecule has 1 rings (SSSR count). The second-order valence-electron chi connectivity index (χ2n) is 4.22. The van der Waals surface area contributed by atoms with Gasteiger partial charge in [-0.05, 0) is 25.2 Å². The number of carboxylic acid groups (broad SMARTS) is 1. The molecule has 90 valence electrons. The van der Waals surface area contributed by atoms with Crippen LogP contribution in [0.1, 0.15) is 49.9 Å². The van der Waals surface area contributed by atoms with E-state index in [4.69, 9.17) is 5.11 Å². The Morgan fingerprint density at radius 2 is 2.12 bits per heavy atom. The van der Waals surface area contributed by atoms with Gasteiger partial charge in [-0.1, -0.05) is 13.8 Å². The van der Waals surface area contributed by atoms with Crippen LogP contribution in [0.4, 0.5) is 0 Å². The Labute approximate surface area is 100 Å². The second-order valence-corrected chi connectivity index (χ2v) is 5.79. The number of aromatic carboxylic acids is 1. The molecule has 0 aliphatic heterocycles. The number of hydrogen-bond acceptors (Lipinski definition) is 3. The predicted octanol–water partition coefficient (Wildman–Crippen LogP) is 2.80. The summed E-state index contributed by atoms with van der Waals surface area (Å²) in [6.07, 6.45) is 0. The van der Waals surface area contributed by atoms with Crippen LogP contribution in [0, 0.1) is 0 Å². The molecular weight excluding hydrogens is 224 g/mol. The van der Waals surface area contributed by atoms with Gasteiger partial charge in [0.1, 0.15) is 5.69 Å². The first-order chi connectivity index (χ1) is 7.41. The summed E-state index contributed by atoms with van der Waals surface area (Å²) in [7, 11) is 0. The van der Waals surface area contributed by atoms with Gasteiger partial charge in [0.05, 0.1) is 5.69 Å². The maximum atomic E-state index is 11.0. The van der Waals surface area contributed by atoms with Crippen molar-refractivity contribution in [2.45, 2.75) is 44.7 Å².